The maximum atomic E-state index is 14.5. The lowest BCUT2D eigenvalue weighted by molar-refractivity contribution is 0.102. The number of anilines is 1. The number of ether oxygens (including phenoxy) is 1. The summed E-state index contributed by atoms with van der Waals surface area (Å²) in [7, 11) is 0. The number of hydrogen-bond donors (Lipinski definition) is 4. The number of carbonyl (C=O) groups is 1. The molecular weight excluding hydrogens is 451 g/mol. The summed E-state index contributed by atoms with van der Waals surface area (Å²) in [5.41, 5.74) is 3.90. The summed E-state index contributed by atoms with van der Waals surface area (Å²) in [4.78, 5) is 16.9. The number of amidine groups is 1. The van der Waals surface area contributed by atoms with Gasteiger partial charge in [0.25, 0.3) is 5.91 Å². The van der Waals surface area contributed by atoms with Crippen molar-refractivity contribution in [1.29, 1.82) is 0 Å². The highest BCUT2D eigenvalue weighted by atomic mass is 35.5. The average Bonchev–Trinajstić information content (AvgIpc) is 3.23. The fraction of sp³-hybridized carbons (Fsp3) is 0.0455. The van der Waals surface area contributed by atoms with E-state index < -0.39 is 11.7 Å². The number of nitrogens with one attached hydrogen (secondary N) is 2. The first-order valence-corrected chi connectivity index (χ1v) is 9.96. The Bertz CT molecular complexity index is 1320. The van der Waals surface area contributed by atoms with Crippen molar-refractivity contribution in [2.45, 2.75) is 6.61 Å². The minimum atomic E-state index is -0.670. The molecule has 33 heavy (non-hydrogen) atoms. The zero-order chi connectivity index (χ0) is 23.4. The Morgan fingerprint density at radius 3 is 2.64 bits per heavy atom. The van der Waals surface area contributed by atoms with Gasteiger partial charge in [0.05, 0.1) is 21.8 Å². The molecule has 0 spiro atoms. The monoisotopic (exact) mass is 468 g/mol. The van der Waals surface area contributed by atoms with Crippen molar-refractivity contribution in [3.63, 3.8) is 0 Å². The lowest BCUT2D eigenvalue weighted by Gasteiger charge is -2.08. The van der Waals surface area contributed by atoms with E-state index in [0.717, 1.165) is 11.8 Å². The number of hydrazine groups is 1. The van der Waals surface area contributed by atoms with Gasteiger partial charge in [-0.25, -0.2) is 10.2 Å². The van der Waals surface area contributed by atoms with Crippen LogP contribution in [0.2, 0.25) is 5.02 Å². The Labute approximate surface area is 192 Å². The van der Waals surface area contributed by atoms with Crippen molar-refractivity contribution in [3.05, 3.63) is 88.7 Å². The summed E-state index contributed by atoms with van der Waals surface area (Å²) < 4.78 is 25.6. The van der Waals surface area contributed by atoms with Crippen molar-refractivity contribution in [1.82, 2.24) is 10.4 Å². The molecule has 6 N–H and O–H groups in total. The highest BCUT2D eigenvalue weighted by Gasteiger charge is 2.19. The van der Waals surface area contributed by atoms with Gasteiger partial charge in [0, 0.05) is 17.3 Å². The first kappa shape index (κ1) is 22.1. The van der Waals surface area contributed by atoms with Gasteiger partial charge in [0.2, 0.25) is 0 Å². The molecule has 4 aromatic rings. The van der Waals surface area contributed by atoms with E-state index >= 15 is 0 Å². The maximum absolute atomic E-state index is 14.5. The highest BCUT2D eigenvalue weighted by Crippen LogP contribution is 2.26. The van der Waals surface area contributed by atoms with Gasteiger partial charge in [-0.05, 0) is 48.5 Å². The Kier molecular flexibility index (Phi) is 6.38. The van der Waals surface area contributed by atoms with E-state index in [0.29, 0.717) is 16.5 Å². The number of nitrogens with zero attached hydrogens (tertiary/aromatic N) is 2. The minimum absolute atomic E-state index is 0.0122. The van der Waals surface area contributed by atoms with Gasteiger partial charge in [0.15, 0.2) is 5.84 Å². The van der Waals surface area contributed by atoms with E-state index in [1.165, 1.54) is 12.3 Å². The fourth-order valence-electron chi connectivity index (χ4n) is 3.07. The number of furan rings is 1. The van der Waals surface area contributed by atoms with Crippen LogP contribution in [-0.2, 0) is 6.61 Å². The van der Waals surface area contributed by atoms with Crippen LogP contribution >= 0.6 is 11.6 Å². The molecule has 0 saturated heterocycles. The van der Waals surface area contributed by atoms with Crippen LogP contribution < -0.4 is 27.2 Å². The predicted octanol–water partition coefficient (Wildman–Crippen LogP) is 3.54. The number of rotatable bonds is 6. The molecule has 2 aromatic heterocycles. The zero-order valence-electron chi connectivity index (χ0n) is 17.0. The van der Waals surface area contributed by atoms with Crippen molar-refractivity contribution in [2.75, 3.05) is 5.32 Å². The molecule has 0 radical (unpaired) electrons. The number of fused-ring (bicyclic) bond motifs is 1. The zero-order valence-corrected chi connectivity index (χ0v) is 17.8. The van der Waals surface area contributed by atoms with Crippen LogP contribution in [-0.4, -0.2) is 16.7 Å². The molecule has 11 heteroatoms. The summed E-state index contributed by atoms with van der Waals surface area (Å²) in [6.07, 6.45) is 2.79. The molecule has 0 atom stereocenters. The molecule has 2 aromatic carbocycles. The normalized spacial score (nSPS) is 11.4. The van der Waals surface area contributed by atoms with Crippen LogP contribution in [0.15, 0.2) is 70.5 Å². The van der Waals surface area contributed by atoms with E-state index in [-0.39, 0.29) is 34.5 Å². The van der Waals surface area contributed by atoms with E-state index in [4.69, 9.17) is 32.4 Å². The van der Waals surface area contributed by atoms with Crippen molar-refractivity contribution in [3.8, 4) is 5.75 Å². The first-order valence-electron chi connectivity index (χ1n) is 9.58. The molecule has 9 nitrogen and oxygen atoms in total. The van der Waals surface area contributed by atoms with Crippen molar-refractivity contribution >= 4 is 40.0 Å². The molecule has 0 bridgehead atoms. The number of carbonyl (C=O) groups excluding carboxylic acids is 1. The lowest BCUT2D eigenvalue weighted by atomic mass is 10.1. The molecule has 0 fully saturated rings. The topological polar surface area (TPSA) is 141 Å². The van der Waals surface area contributed by atoms with Crippen molar-refractivity contribution in [2.24, 2.45) is 16.8 Å². The van der Waals surface area contributed by atoms with Crippen LogP contribution in [0, 0.1) is 5.82 Å². The van der Waals surface area contributed by atoms with Crippen LogP contribution in [0.25, 0.3) is 11.0 Å². The fourth-order valence-corrected chi connectivity index (χ4v) is 3.18. The number of amides is 1. The third kappa shape index (κ3) is 4.86. The first-order chi connectivity index (χ1) is 16.0. The Morgan fingerprint density at radius 2 is 1.97 bits per heavy atom. The van der Waals surface area contributed by atoms with E-state index in [1.807, 2.05) is 0 Å². The Balaban J connectivity index is 1.45. The molecule has 0 aliphatic heterocycles. The molecular formula is C22H18ClFN6O3. The molecule has 0 saturated carbocycles. The summed E-state index contributed by atoms with van der Waals surface area (Å²) >= 11 is 5.82. The average molecular weight is 469 g/mol. The number of hydrogen-bond acceptors (Lipinski definition) is 7. The van der Waals surface area contributed by atoms with Crippen LogP contribution in [0.1, 0.15) is 21.6 Å². The number of halogens is 2. The van der Waals surface area contributed by atoms with Gasteiger partial charge in [0.1, 0.15) is 30.0 Å². The smallest absolute Gasteiger partial charge is 0.259 e. The third-order valence-corrected chi connectivity index (χ3v) is 4.94. The van der Waals surface area contributed by atoms with Gasteiger partial charge in [-0.1, -0.05) is 11.6 Å². The van der Waals surface area contributed by atoms with Gasteiger partial charge >= 0.3 is 0 Å². The van der Waals surface area contributed by atoms with Crippen LogP contribution in [0.3, 0.4) is 0 Å². The van der Waals surface area contributed by atoms with Gasteiger partial charge in [-0.2, -0.15) is 5.10 Å². The third-order valence-electron chi connectivity index (χ3n) is 4.72. The second kappa shape index (κ2) is 9.55. The quantitative estimate of drug-likeness (QED) is 0.147. The van der Waals surface area contributed by atoms with Crippen LogP contribution in [0.4, 0.5) is 10.1 Å². The molecule has 2 heterocycles. The maximum Gasteiger partial charge on any atom is 0.259 e. The molecule has 0 aliphatic rings. The minimum Gasteiger partial charge on any atom is -0.487 e. The van der Waals surface area contributed by atoms with E-state index in [1.54, 1.807) is 42.6 Å². The Hall–Kier alpha value is -4.15. The van der Waals surface area contributed by atoms with Crippen molar-refractivity contribution < 1.29 is 18.3 Å². The number of nitrogens with two attached hydrogens (primary N) is 2. The predicted molar refractivity (Wildman–Crippen MR) is 122 cm³/mol. The summed E-state index contributed by atoms with van der Waals surface area (Å²) in [5, 5.41) is 6.97. The number of aromatic nitrogens is 1. The molecule has 4 rings (SSSR count). The largest absolute Gasteiger partial charge is 0.487 e. The van der Waals surface area contributed by atoms with Gasteiger partial charge in [-0.3, -0.25) is 9.78 Å². The van der Waals surface area contributed by atoms with Gasteiger partial charge < -0.3 is 25.7 Å². The number of pyridine rings is 1. The SMILES string of the molecule is N/N=C(\NN)c1cc2occ(C(=O)Nc3ccc(OCc4ccc(Cl)cn4)cc3)c2cc1F. The summed E-state index contributed by atoms with van der Waals surface area (Å²) in [6, 6.07) is 12.8. The van der Waals surface area contributed by atoms with Gasteiger partial charge in [-0.15, -0.1) is 0 Å². The molecule has 168 valence electrons. The number of benzene rings is 2. The standard InChI is InChI=1S/C22H18ClFN6O3/c23-12-1-2-14(27-9-12)10-32-15-5-3-13(4-6-15)28-22(31)18-11-33-20-8-17(21(29-25)30-26)19(24)7-16(18)20/h1-9,11H,10,25-26H2,(H,28,31)(H,29,30). The lowest BCUT2D eigenvalue weighted by Crippen LogP contribution is -2.32. The summed E-state index contributed by atoms with van der Waals surface area (Å²) in [6.45, 7) is 0.272. The molecule has 1 amide bonds. The molecule has 0 aliphatic carbocycles. The second-order valence-electron chi connectivity index (χ2n) is 6.83. The van der Waals surface area contributed by atoms with E-state index in [2.05, 4.69) is 20.8 Å². The summed E-state index contributed by atoms with van der Waals surface area (Å²) in [5.74, 6) is 9.89. The highest BCUT2D eigenvalue weighted by molar-refractivity contribution is 6.30. The number of hydrazone groups is 1. The van der Waals surface area contributed by atoms with Crippen LogP contribution in [0.5, 0.6) is 5.75 Å². The second-order valence-corrected chi connectivity index (χ2v) is 7.27. The molecule has 0 unspecified atom stereocenters. The Morgan fingerprint density at radius 1 is 1.18 bits per heavy atom. The van der Waals surface area contributed by atoms with E-state index in [9.17, 15) is 9.18 Å².